The van der Waals surface area contributed by atoms with E-state index < -0.39 is 0 Å². The average Bonchev–Trinajstić information content (AvgIpc) is 3.39. The number of hydrogen-bond donors (Lipinski definition) is 0. The molecule has 1 aromatic rings. The summed E-state index contributed by atoms with van der Waals surface area (Å²) in [6, 6.07) is 4.86. The summed E-state index contributed by atoms with van der Waals surface area (Å²) in [6.07, 6.45) is 4.91. The lowest BCUT2D eigenvalue weighted by Crippen LogP contribution is -2.60. The Morgan fingerprint density at radius 1 is 1.20 bits per heavy atom. The van der Waals surface area contributed by atoms with E-state index in [1.807, 2.05) is 4.90 Å². The number of carbonyl (C=O) groups is 1. The van der Waals surface area contributed by atoms with Gasteiger partial charge in [-0.25, -0.2) is 0 Å². The van der Waals surface area contributed by atoms with Crippen LogP contribution in [0.15, 0.2) is 12.1 Å². The highest BCUT2D eigenvalue weighted by molar-refractivity contribution is 5.73. The fourth-order valence-corrected chi connectivity index (χ4v) is 4.08. The first-order valence-corrected chi connectivity index (χ1v) is 9.64. The van der Waals surface area contributed by atoms with Crippen LogP contribution in [0.2, 0.25) is 0 Å². The lowest BCUT2D eigenvalue weighted by molar-refractivity contribution is -0.130. The molecule has 2 aliphatic heterocycles. The summed E-state index contributed by atoms with van der Waals surface area (Å²) < 4.78 is 0. The molecule has 1 amide bonds. The maximum Gasteiger partial charge on any atom is 0.219 e. The molecule has 4 rings (SSSR count). The van der Waals surface area contributed by atoms with Gasteiger partial charge in [0.1, 0.15) is 0 Å². The number of anilines is 1. The molecule has 1 aromatic heterocycles. The van der Waals surface area contributed by atoms with Crippen LogP contribution in [-0.4, -0.2) is 71.7 Å². The van der Waals surface area contributed by atoms with Crippen molar-refractivity contribution in [1.82, 2.24) is 20.0 Å². The monoisotopic (exact) mass is 343 g/mol. The molecule has 0 spiro atoms. The van der Waals surface area contributed by atoms with Crippen LogP contribution in [-0.2, 0) is 4.79 Å². The highest BCUT2D eigenvalue weighted by atomic mass is 16.2. The van der Waals surface area contributed by atoms with Crippen LogP contribution in [0.1, 0.15) is 44.2 Å². The number of aromatic nitrogens is 2. The summed E-state index contributed by atoms with van der Waals surface area (Å²) in [5.41, 5.74) is 1.16. The third-order valence-electron chi connectivity index (χ3n) is 5.99. The van der Waals surface area contributed by atoms with Gasteiger partial charge in [-0.2, -0.15) is 5.10 Å². The molecule has 136 valence electrons. The zero-order chi connectivity index (χ0) is 17.4. The van der Waals surface area contributed by atoms with Crippen molar-refractivity contribution in [3.63, 3.8) is 0 Å². The predicted octanol–water partition coefficient (Wildman–Crippen LogP) is 1.73. The van der Waals surface area contributed by atoms with Crippen molar-refractivity contribution in [3.8, 4) is 0 Å². The van der Waals surface area contributed by atoms with Crippen LogP contribution < -0.4 is 4.90 Å². The highest BCUT2D eigenvalue weighted by Gasteiger charge is 2.33. The summed E-state index contributed by atoms with van der Waals surface area (Å²) >= 11 is 0. The number of piperidine rings is 1. The van der Waals surface area contributed by atoms with Crippen LogP contribution in [0.4, 0.5) is 5.82 Å². The van der Waals surface area contributed by atoms with Crippen molar-refractivity contribution in [2.45, 2.75) is 44.6 Å². The second-order valence-corrected chi connectivity index (χ2v) is 8.06. The zero-order valence-corrected chi connectivity index (χ0v) is 15.4. The van der Waals surface area contributed by atoms with Gasteiger partial charge in [0.05, 0.1) is 5.69 Å². The van der Waals surface area contributed by atoms with E-state index in [2.05, 4.69) is 39.2 Å². The number of likely N-dealkylation sites (tertiary alicyclic amines) is 1. The number of nitrogens with zero attached hydrogens (tertiary/aromatic N) is 5. The van der Waals surface area contributed by atoms with Gasteiger partial charge in [0.2, 0.25) is 5.91 Å². The zero-order valence-electron chi connectivity index (χ0n) is 15.4. The van der Waals surface area contributed by atoms with Crippen LogP contribution in [0.3, 0.4) is 0 Å². The van der Waals surface area contributed by atoms with Gasteiger partial charge in [-0.3, -0.25) is 9.69 Å². The van der Waals surface area contributed by atoms with Gasteiger partial charge in [-0.15, -0.1) is 5.10 Å². The largest absolute Gasteiger partial charge is 0.352 e. The quantitative estimate of drug-likeness (QED) is 0.815. The molecule has 0 bridgehead atoms. The number of rotatable bonds is 5. The molecular weight excluding hydrogens is 314 g/mol. The molecular formula is C19H29N5O. The molecule has 1 saturated carbocycles. The van der Waals surface area contributed by atoms with Crippen molar-refractivity contribution in [2.24, 2.45) is 5.92 Å². The Labute approximate surface area is 150 Å². The van der Waals surface area contributed by atoms with E-state index in [0.29, 0.717) is 17.9 Å². The molecule has 0 aromatic carbocycles. The summed E-state index contributed by atoms with van der Waals surface area (Å²) in [5, 5.41) is 8.80. The van der Waals surface area contributed by atoms with Gasteiger partial charge in [0.15, 0.2) is 5.82 Å². The summed E-state index contributed by atoms with van der Waals surface area (Å²) in [4.78, 5) is 18.4. The van der Waals surface area contributed by atoms with Gasteiger partial charge in [-0.05, 0) is 50.8 Å². The van der Waals surface area contributed by atoms with Crippen molar-refractivity contribution in [3.05, 3.63) is 17.8 Å². The number of amides is 1. The first-order valence-electron chi connectivity index (χ1n) is 9.64. The third kappa shape index (κ3) is 3.78. The fraction of sp³-hybridized carbons (Fsp3) is 0.737. The van der Waals surface area contributed by atoms with E-state index >= 15 is 0 Å². The van der Waals surface area contributed by atoms with E-state index in [-0.39, 0.29) is 5.91 Å². The Hall–Kier alpha value is -1.69. The van der Waals surface area contributed by atoms with Gasteiger partial charge < -0.3 is 9.80 Å². The molecule has 6 nitrogen and oxygen atoms in total. The normalized spacial score (nSPS) is 24.5. The number of hydrogen-bond acceptors (Lipinski definition) is 5. The van der Waals surface area contributed by atoms with Crippen molar-refractivity contribution >= 4 is 11.7 Å². The summed E-state index contributed by atoms with van der Waals surface area (Å²) in [7, 11) is 2.22. The third-order valence-corrected chi connectivity index (χ3v) is 5.99. The maximum absolute atomic E-state index is 11.6. The second-order valence-electron chi connectivity index (χ2n) is 8.06. The molecule has 0 N–H and O–H groups in total. The van der Waals surface area contributed by atoms with E-state index in [1.54, 1.807) is 6.92 Å². The standard InChI is InChI=1S/C19H29N5O/c1-14(25)23-9-3-4-15(11-23)10-22(2)17-12-24(13-17)19-8-7-18(20-21-19)16-5-6-16/h7-8,15-17H,3-6,9-13H2,1-2H3. The lowest BCUT2D eigenvalue weighted by atomic mass is 9.96. The summed E-state index contributed by atoms with van der Waals surface area (Å²) in [6.45, 7) is 6.67. The van der Waals surface area contributed by atoms with E-state index in [4.69, 9.17) is 0 Å². The molecule has 2 saturated heterocycles. The highest BCUT2D eigenvalue weighted by Crippen LogP contribution is 2.38. The molecule has 3 aliphatic rings. The topological polar surface area (TPSA) is 52.6 Å². The minimum Gasteiger partial charge on any atom is -0.352 e. The molecule has 3 heterocycles. The van der Waals surface area contributed by atoms with Gasteiger partial charge in [0.25, 0.3) is 0 Å². The SMILES string of the molecule is CC(=O)N1CCCC(CN(C)C2CN(c3ccc(C4CC4)nn3)C2)C1. The van der Waals surface area contributed by atoms with Gasteiger partial charge >= 0.3 is 0 Å². The Morgan fingerprint density at radius 2 is 2.00 bits per heavy atom. The van der Waals surface area contributed by atoms with Crippen LogP contribution >= 0.6 is 0 Å². The first kappa shape index (κ1) is 16.8. The molecule has 1 atom stereocenters. The molecule has 1 unspecified atom stereocenters. The van der Waals surface area contributed by atoms with Crippen molar-refractivity contribution in [1.29, 1.82) is 0 Å². The van der Waals surface area contributed by atoms with Crippen LogP contribution in [0.5, 0.6) is 0 Å². The van der Waals surface area contributed by atoms with Crippen LogP contribution in [0.25, 0.3) is 0 Å². The van der Waals surface area contributed by atoms with Crippen molar-refractivity contribution < 1.29 is 4.79 Å². The smallest absolute Gasteiger partial charge is 0.219 e. The number of carbonyl (C=O) groups excluding carboxylic acids is 1. The Morgan fingerprint density at radius 3 is 2.64 bits per heavy atom. The fourth-order valence-electron chi connectivity index (χ4n) is 4.08. The Balaban J connectivity index is 1.24. The second kappa shape index (κ2) is 6.90. The minimum atomic E-state index is 0.218. The first-order chi connectivity index (χ1) is 12.1. The predicted molar refractivity (Wildman–Crippen MR) is 97.6 cm³/mol. The summed E-state index contributed by atoms with van der Waals surface area (Å²) in [5.74, 6) is 2.50. The Bertz CT molecular complexity index is 609. The van der Waals surface area contributed by atoms with Crippen molar-refractivity contribution in [2.75, 3.05) is 44.7 Å². The molecule has 0 radical (unpaired) electrons. The van der Waals surface area contributed by atoms with E-state index in [0.717, 1.165) is 50.7 Å². The molecule has 25 heavy (non-hydrogen) atoms. The molecule has 3 fully saturated rings. The average molecular weight is 343 g/mol. The molecule has 6 heteroatoms. The van der Waals surface area contributed by atoms with E-state index in [9.17, 15) is 4.79 Å². The molecule has 1 aliphatic carbocycles. The lowest BCUT2D eigenvalue weighted by Gasteiger charge is -2.46. The van der Waals surface area contributed by atoms with Crippen LogP contribution in [0, 0.1) is 5.92 Å². The van der Waals surface area contributed by atoms with Gasteiger partial charge in [0, 0.05) is 51.6 Å². The number of likely N-dealkylation sites (N-methyl/N-ethyl adjacent to an activating group) is 1. The van der Waals surface area contributed by atoms with Gasteiger partial charge in [-0.1, -0.05) is 0 Å². The van der Waals surface area contributed by atoms with E-state index in [1.165, 1.54) is 19.3 Å². The maximum atomic E-state index is 11.6. The Kier molecular flexibility index (Phi) is 4.63. The minimum absolute atomic E-state index is 0.218.